The lowest BCUT2D eigenvalue weighted by Crippen LogP contribution is -2.22. The number of carbonyl (C=O) groups excluding carboxylic acids is 1. The maximum atomic E-state index is 12.3. The van der Waals surface area contributed by atoms with E-state index in [2.05, 4.69) is 73.1 Å². The van der Waals surface area contributed by atoms with Crippen LogP contribution in [0.3, 0.4) is 0 Å². The Morgan fingerprint density at radius 3 is 2.25 bits per heavy atom. The Morgan fingerprint density at radius 2 is 1.58 bits per heavy atom. The highest BCUT2D eigenvalue weighted by molar-refractivity contribution is 7.11. The van der Waals surface area contributed by atoms with Gasteiger partial charge in [0.25, 0.3) is 0 Å². The van der Waals surface area contributed by atoms with Crippen molar-refractivity contribution in [1.29, 1.82) is 0 Å². The molecule has 120 valence electrons. The van der Waals surface area contributed by atoms with E-state index in [-0.39, 0.29) is 11.8 Å². The van der Waals surface area contributed by atoms with Gasteiger partial charge in [-0.1, -0.05) is 59.7 Å². The summed E-state index contributed by atoms with van der Waals surface area (Å²) in [5, 5.41) is 5.27. The maximum Gasteiger partial charge on any atom is 0.225 e. The van der Waals surface area contributed by atoms with E-state index in [1.165, 1.54) is 21.6 Å². The predicted molar refractivity (Wildman–Crippen MR) is 101 cm³/mol. The van der Waals surface area contributed by atoms with Gasteiger partial charge in [0.05, 0.1) is 5.69 Å². The Balaban J connectivity index is 1.80. The van der Waals surface area contributed by atoms with Gasteiger partial charge in [0, 0.05) is 28.2 Å². The maximum absolute atomic E-state index is 12.3. The second-order valence-electron chi connectivity index (χ2n) is 6.47. The van der Waals surface area contributed by atoms with Crippen molar-refractivity contribution < 1.29 is 4.79 Å². The molecule has 0 aliphatic carbocycles. The SMILES string of the molecule is Cc1ccc(-c2csc3c2NC(=O)CC3c2ccc(C)cc2)cc1. The quantitative estimate of drug-likeness (QED) is 0.658. The monoisotopic (exact) mass is 333 g/mol. The Hall–Kier alpha value is -2.39. The van der Waals surface area contributed by atoms with Crippen molar-refractivity contribution in [3.8, 4) is 11.1 Å². The molecule has 1 N–H and O–H groups in total. The fraction of sp³-hybridized carbons (Fsp3) is 0.190. The first kappa shape index (κ1) is 15.2. The van der Waals surface area contributed by atoms with Crippen LogP contribution in [0.5, 0.6) is 0 Å². The highest BCUT2D eigenvalue weighted by Gasteiger charge is 2.30. The fourth-order valence-electron chi connectivity index (χ4n) is 3.24. The molecule has 0 saturated carbocycles. The summed E-state index contributed by atoms with van der Waals surface area (Å²) in [6.07, 6.45) is 0.518. The third-order valence-electron chi connectivity index (χ3n) is 4.63. The zero-order valence-electron chi connectivity index (χ0n) is 13.8. The van der Waals surface area contributed by atoms with Gasteiger partial charge in [-0.3, -0.25) is 4.79 Å². The van der Waals surface area contributed by atoms with Crippen molar-refractivity contribution in [2.45, 2.75) is 26.2 Å². The first-order valence-electron chi connectivity index (χ1n) is 8.16. The van der Waals surface area contributed by atoms with Crippen molar-refractivity contribution >= 4 is 22.9 Å². The highest BCUT2D eigenvalue weighted by atomic mass is 32.1. The molecule has 4 rings (SSSR count). The molecule has 0 saturated heterocycles. The van der Waals surface area contributed by atoms with Gasteiger partial charge < -0.3 is 5.32 Å². The number of benzene rings is 2. The minimum Gasteiger partial charge on any atom is -0.325 e. The molecule has 0 spiro atoms. The van der Waals surface area contributed by atoms with Crippen LogP contribution in [0.2, 0.25) is 0 Å². The average Bonchev–Trinajstić information content (AvgIpc) is 2.99. The molecule has 1 amide bonds. The predicted octanol–water partition coefficient (Wildman–Crippen LogP) is 5.51. The molecule has 24 heavy (non-hydrogen) atoms. The van der Waals surface area contributed by atoms with Gasteiger partial charge in [-0.2, -0.15) is 0 Å². The molecule has 1 aromatic heterocycles. The second-order valence-corrected chi connectivity index (χ2v) is 7.38. The normalized spacial score (nSPS) is 16.6. The zero-order valence-corrected chi connectivity index (χ0v) is 14.6. The number of carbonyl (C=O) groups is 1. The minimum atomic E-state index is 0.0971. The number of hydrogen-bond acceptors (Lipinski definition) is 2. The van der Waals surface area contributed by atoms with E-state index < -0.39 is 0 Å². The van der Waals surface area contributed by atoms with Gasteiger partial charge in [0.15, 0.2) is 0 Å². The van der Waals surface area contributed by atoms with Crippen LogP contribution < -0.4 is 5.32 Å². The lowest BCUT2D eigenvalue weighted by atomic mass is 9.89. The van der Waals surface area contributed by atoms with Gasteiger partial charge in [-0.05, 0) is 25.0 Å². The van der Waals surface area contributed by atoms with Crippen molar-refractivity contribution in [2.75, 3.05) is 5.32 Å². The summed E-state index contributed by atoms with van der Waals surface area (Å²) in [5.74, 6) is 0.249. The molecule has 1 aliphatic rings. The molecule has 0 radical (unpaired) electrons. The van der Waals surface area contributed by atoms with Gasteiger partial charge in [-0.15, -0.1) is 11.3 Å². The van der Waals surface area contributed by atoms with Gasteiger partial charge in [0.2, 0.25) is 5.91 Å². The van der Waals surface area contributed by atoms with Crippen LogP contribution >= 0.6 is 11.3 Å². The van der Waals surface area contributed by atoms with Crippen molar-refractivity contribution in [3.63, 3.8) is 0 Å². The van der Waals surface area contributed by atoms with Gasteiger partial charge >= 0.3 is 0 Å². The van der Waals surface area contributed by atoms with Crippen molar-refractivity contribution in [1.82, 2.24) is 0 Å². The lowest BCUT2D eigenvalue weighted by Gasteiger charge is -2.24. The average molecular weight is 333 g/mol. The summed E-state index contributed by atoms with van der Waals surface area (Å²) < 4.78 is 0. The number of anilines is 1. The summed E-state index contributed by atoms with van der Waals surface area (Å²) >= 11 is 1.75. The number of amides is 1. The molecule has 3 heteroatoms. The molecular weight excluding hydrogens is 314 g/mol. The van der Waals surface area contributed by atoms with Crippen molar-refractivity contribution in [2.24, 2.45) is 0 Å². The Bertz CT molecular complexity index is 891. The van der Waals surface area contributed by atoms with Crippen LogP contribution in [0.1, 0.15) is 33.9 Å². The Labute approximate surface area is 146 Å². The van der Waals surface area contributed by atoms with Crippen LogP contribution in [0.4, 0.5) is 5.69 Å². The van der Waals surface area contributed by atoms with Crippen LogP contribution in [0, 0.1) is 13.8 Å². The van der Waals surface area contributed by atoms with Crippen LogP contribution in [-0.4, -0.2) is 5.91 Å². The van der Waals surface area contributed by atoms with Crippen LogP contribution in [0.15, 0.2) is 53.9 Å². The molecule has 2 aromatic carbocycles. The van der Waals surface area contributed by atoms with E-state index in [9.17, 15) is 4.79 Å². The molecule has 3 aromatic rings. The van der Waals surface area contributed by atoms with Gasteiger partial charge in [0.1, 0.15) is 0 Å². The van der Waals surface area contributed by atoms with E-state index in [0.717, 1.165) is 16.8 Å². The number of aryl methyl sites for hydroxylation is 2. The molecule has 2 heterocycles. The lowest BCUT2D eigenvalue weighted by molar-refractivity contribution is -0.116. The first-order valence-corrected chi connectivity index (χ1v) is 9.04. The van der Waals surface area contributed by atoms with E-state index >= 15 is 0 Å². The van der Waals surface area contributed by atoms with Gasteiger partial charge in [-0.25, -0.2) is 0 Å². The molecule has 1 unspecified atom stereocenters. The summed E-state index contributed by atoms with van der Waals surface area (Å²) in [6.45, 7) is 4.17. The van der Waals surface area contributed by atoms with Crippen LogP contribution in [-0.2, 0) is 4.79 Å². The fourth-order valence-corrected chi connectivity index (χ4v) is 4.40. The standard InChI is InChI=1S/C21H19NOS/c1-13-3-7-15(8-4-13)17-11-19(23)22-20-18(12-24-21(17)20)16-9-5-14(2)6-10-16/h3-10,12,17H,11H2,1-2H3,(H,22,23). The number of hydrogen-bond donors (Lipinski definition) is 1. The topological polar surface area (TPSA) is 29.1 Å². The Morgan fingerprint density at radius 1 is 0.958 bits per heavy atom. The smallest absolute Gasteiger partial charge is 0.225 e. The Kier molecular flexibility index (Phi) is 3.73. The molecule has 1 aliphatic heterocycles. The van der Waals surface area contributed by atoms with E-state index in [1.807, 2.05) is 0 Å². The number of thiophene rings is 1. The third kappa shape index (κ3) is 2.65. The molecule has 0 bridgehead atoms. The molecule has 2 nitrogen and oxygen atoms in total. The third-order valence-corrected chi connectivity index (χ3v) is 5.73. The number of rotatable bonds is 2. The zero-order chi connectivity index (χ0) is 16.7. The summed E-state index contributed by atoms with van der Waals surface area (Å²) in [5.41, 5.74) is 6.97. The second kappa shape index (κ2) is 5.91. The number of fused-ring (bicyclic) bond motifs is 1. The molecule has 0 fully saturated rings. The minimum absolute atomic E-state index is 0.0971. The summed E-state index contributed by atoms with van der Waals surface area (Å²) in [6, 6.07) is 17.0. The molecular formula is C21H19NOS. The first-order chi connectivity index (χ1) is 11.6. The molecule has 1 atom stereocenters. The van der Waals surface area contributed by atoms with E-state index in [1.54, 1.807) is 11.3 Å². The van der Waals surface area contributed by atoms with Crippen LogP contribution in [0.25, 0.3) is 11.1 Å². The summed E-state index contributed by atoms with van der Waals surface area (Å²) in [4.78, 5) is 13.6. The van der Waals surface area contributed by atoms with E-state index in [0.29, 0.717) is 6.42 Å². The summed E-state index contributed by atoms with van der Waals surface area (Å²) in [7, 11) is 0. The number of nitrogens with one attached hydrogen (secondary N) is 1. The van der Waals surface area contributed by atoms with E-state index in [4.69, 9.17) is 0 Å². The largest absolute Gasteiger partial charge is 0.325 e. The highest BCUT2D eigenvalue weighted by Crippen LogP contribution is 2.46. The van der Waals surface area contributed by atoms with Crippen molar-refractivity contribution in [3.05, 3.63) is 75.5 Å².